The first-order chi connectivity index (χ1) is 2.77. The number of hydrogen-bond acceptors (Lipinski definition) is 1. The highest BCUT2D eigenvalue weighted by atomic mass is 127. The van der Waals surface area contributed by atoms with Gasteiger partial charge in [-0.15, -0.1) is 0 Å². The fraction of sp³-hybridized carbons (Fsp3) is 1.00. The van der Waals surface area contributed by atoms with E-state index in [9.17, 15) is 0 Å². The molecular weight excluding hydrogens is 188 g/mol. The molecule has 0 fully saturated rings. The quantitative estimate of drug-likeness (QED) is 0.454. The third kappa shape index (κ3) is 4.75. The van der Waals surface area contributed by atoms with Gasteiger partial charge in [0, 0.05) is 0 Å². The highest BCUT2D eigenvalue weighted by Crippen LogP contribution is 1.76. The van der Waals surface area contributed by atoms with Gasteiger partial charge < -0.3 is 4.90 Å². The summed E-state index contributed by atoms with van der Waals surface area (Å²) in [5, 5.41) is 1.23. The van der Waals surface area contributed by atoms with Crippen LogP contribution in [0.2, 0.25) is 0 Å². The topological polar surface area (TPSA) is 3.24 Å². The maximum absolute atomic E-state index is 2.36. The van der Waals surface area contributed by atoms with Crippen molar-refractivity contribution in [2.75, 3.05) is 20.5 Å². The standard InChI is InChI=1S/C3H9BIN/c1-6(2)3-4-5/h4H,3H2,1-2H3. The fourth-order valence-electron chi connectivity index (χ4n) is 0.169. The Labute approximate surface area is 53.2 Å². The molecule has 6 heavy (non-hydrogen) atoms. The zero-order chi connectivity index (χ0) is 4.99. The maximum Gasteiger partial charge on any atom is 0.214 e. The molecule has 0 atom stereocenters. The second kappa shape index (κ2) is 3.93. The third-order valence-corrected chi connectivity index (χ3v) is 1.01. The van der Waals surface area contributed by atoms with Gasteiger partial charge in [0.25, 0.3) is 0 Å². The molecule has 0 N–H and O–H groups in total. The van der Waals surface area contributed by atoms with Crippen LogP contribution in [-0.2, 0) is 0 Å². The molecule has 0 saturated carbocycles. The lowest BCUT2D eigenvalue weighted by atomic mass is 10.1. The monoisotopic (exact) mass is 197 g/mol. The zero-order valence-electron chi connectivity index (χ0n) is 4.24. The highest BCUT2D eigenvalue weighted by molar-refractivity contribution is 14.1. The van der Waals surface area contributed by atoms with Crippen molar-refractivity contribution < 1.29 is 0 Å². The van der Waals surface area contributed by atoms with E-state index in [0.29, 0.717) is 0 Å². The van der Waals surface area contributed by atoms with Gasteiger partial charge in [-0.1, -0.05) is 0 Å². The van der Waals surface area contributed by atoms with Crippen molar-refractivity contribution in [2.24, 2.45) is 0 Å². The summed E-state index contributed by atoms with van der Waals surface area (Å²) in [6.45, 7) is 0. The van der Waals surface area contributed by atoms with Gasteiger partial charge in [-0.05, 0) is 20.5 Å². The molecule has 0 aromatic carbocycles. The van der Waals surface area contributed by atoms with Crippen molar-refractivity contribution in [3.05, 3.63) is 0 Å². The lowest BCUT2D eigenvalue weighted by Crippen LogP contribution is -2.15. The van der Waals surface area contributed by atoms with Gasteiger partial charge >= 0.3 is 0 Å². The van der Waals surface area contributed by atoms with Gasteiger partial charge in [-0.2, -0.15) is 22.4 Å². The molecule has 36 valence electrons. The van der Waals surface area contributed by atoms with Gasteiger partial charge in [0.2, 0.25) is 5.14 Å². The highest BCUT2D eigenvalue weighted by Gasteiger charge is 1.83. The Balaban J connectivity index is 2.63. The first-order valence-electron chi connectivity index (χ1n) is 1.98. The Kier molecular flexibility index (Phi) is 4.42. The van der Waals surface area contributed by atoms with Crippen LogP contribution in [0.5, 0.6) is 0 Å². The van der Waals surface area contributed by atoms with Crippen LogP contribution in [0.25, 0.3) is 0 Å². The van der Waals surface area contributed by atoms with Gasteiger partial charge in [-0.25, -0.2) is 0 Å². The molecule has 1 nitrogen and oxygen atoms in total. The van der Waals surface area contributed by atoms with Crippen LogP contribution >= 0.6 is 22.4 Å². The van der Waals surface area contributed by atoms with Crippen LogP contribution in [0.15, 0.2) is 0 Å². The smallest absolute Gasteiger partial charge is 0.214 e. The minimum atomic E-state index is 1.20. The van der Waals surface area contributed by atoms with Crippen LogP contribution in [0.4, 0.5) is 0 Å². The van der Waals surface area contributed by atoms with Crippen LogP contribution in [0, 0.1) is 0 Å². The number of rotatable bonds is 2. The summed E-state index contributed by atoms with van der Waals surface area (Å²) in [5.74, 6) is 0. The third-order valence-electron chi connectivity index (χ3n) is 0.532. The lowest BCUT2D eigenvalue weighted by Gasteiger charge is -2.02. The molecule has 3 heteroatoms. The van der Waals surface area contributed by atoms with E-state index < -0.39 is 0 Å². The van der Waals surface area contributed by atoms with Crippen LogP contribution in [0.1, 0.15) is 0 Å². The van der Waals surface area contributed by atoms with E-state index in [2.05, 4.69) is 41.4 Å². The molecule has 0 amide bonds. The molecule has 0 bridgehead atoms. The molecule has 0 rings (SSSR count). The molecule has 0 heterocycles. The fourth-order valence-corrected chi connectivity index (χ4v) is 1.13. The summed E-state index contributed by atoms with van der Waals surface area (Å²) >= 11 is 2.36. The van der Waals surface area contributed by atoms with E-state index in [1.807, 2.05) is 0 Å². The van der Waals surface area contributed by atoms with Crippen molar-refractivity contribution in [1.82, 2.24) is 4.90 Å². The maximum atomic E-state index is 2.36. The van der Waals surface area contributed by atoms with Gasteiger partial charge in [-0.3, -0.25) is 0 Å². The molecular formula is C3H9BIN. The lowest BCUT2D eigenvalue weighted by molar-refractivity contribution is 0.480. The van der Waals surface area contributed by atoms with E-state index >= 15 is 0 Å². The average molecular weight is 197 g/mol. The largest absolute Gasteiger partial charge is 0.316 e. The second-order valence-electron chi connectivity index (χ2n) is 1.49. The minimum Gasteiger partial charge on any atom is -0.316 e. The Morgan fingerprint density at radius 2 is 2.17 bits per heavy atom. The number of nitrogens with zero attached hydrogens (tertiary/aromatic N) is 1. The first-order valence-corrected chi connectivity index (χ1v) is 3.50. The first kappa shape index (κ1) is 6.75. The molecule has 0 aromatic heterocycles. The van der Waals surface area contributed by atoms with Crippen molar-refractivity contribution in [2.45, 2.75) is 0 Å². The SMILES string of the molecule is CN(C)CBI. The van der Waals surface area contributed by atoms with Crippen molar-refractivity contribution >= 4 is 27.5 Å². The van der Waals surface area contributed by atoms with Crippen LogP contribution in [-0.4, -0.2) is 30.6 Å². The van der Waals surface area contributed by atoms with Crippen molar-refractivity contribution in [3.63, 3.8) is 0 Å². The summed E-state index contributed by atoms with van der Waals surface area (Å²) in [7, 11) is 4.16. The molecule has 0 aliphatic carbocycles. The molecule has 0 radical (unpaired) electrons. The van der Waals surface area contributed by atoms with Gasteiger partial charge in [0.15, 0.2) is 0 Å². The van der Waals surface area contributed by atoms with E-state index in [0.717, 1.165) is 0 Å². The summed E-state index contributed by atoms with van der Waals surface area (Å²) in [6, 6.07) is 0. The summed E-state index contributed by atoms with van der Waals surface area (Å²) in [5.41, 5.74) is 0. The molecule has 0 saturated heterocycles. The second-order valence-corrected chi connectivity index (χ2v) is 2.57. The predicted octanol–water partition coefficient (Wildman–Crippen LogP) is 0.292. The predicted molar refractivity (Wildman–Crippen MR) is 39.7 cm³/mol. The molecule has 0 spiro atoms. The van der Waals surface area contributed by atoms with Gasteiger partial charge in [0.1, 0.15) is 0 Å². The normalized spacial score (nSPS) is 9.33. The van der Waals surface area contributed by atoms with Crippen LogP contribution < -0.4 is 0 Å². The zero-order valence-corrected chi connectivity index (χ0v) is 6.40. The molecule has 0 aromatic rings. The Hall–Kier alpha value is 0.755. The minimum absolute atomic E-state index is 1.20. The molecule has 0 unspecified atom stereocenters. The van der Waals surface area contributed by atoms with E-state index in [1.54, 1.807) is 0 Å². The summed E-state index contributed by atoms with van der Waals surface area (Å²) in [4.78, 5) is 2.17. The van der Waals surface area contributed by atoms with E-state index in [4.69, 9.17) is 0 Å². The average Bonchev–Trinajstić information content (AvgIpc) is 1.35. The van der Waals surface area contributed by atoms with Crippen molar-refractivity contribution in [1.29, 1.82) is 0 Å². The molecule has 0 aliphatic rings. The Morgan fingerprint density at radius 1 is 1.67 bits per heavy atom. The van der Waals surface area contributed by atoms with Crippen molar-refractivity contribution in [3.8, 4) is 0 Å². The van der Waals surface area contributed by atoms with E-state index in [-0.39, 0.29) is 0 Å². The number of halogens is 1. The van der Waals surface area contributed by atoms with Gasteiger partial charge in [0.05, 0.1) is 0 Å². The molecule has 0 aliphatic heterocycles. The Morgan fingerprint density at radius 3 is 2.17 bits per heavy atom. The summed E-state index contributed by atoms with van der Waals surface area (Å²) < 4.78 is 0. The van der Waals surface area contributed by atoms with E-state index in [1.165, 1.54) is 11.6 Å². The Bertz CT molecular complexity index is 32.0. The number of hydrogen-bond donors (Lipinski definition) is 0. The van der Waals surface area contributed by atoms with Crippen LogP contribution in [0.3, 0.4) is 0 Å². The summed E-state index contributed by atoms with van der Waals surface area (Å²) in [6.07, 6.45) is 1.20.